The van der Waals surface area contributed by atoms with Gasteiger partial charge in [-0.15, -0.1) is 0 Å². The maximum absolute atomic E-state index is 6.09. The van der Waals surface area contributed by atoms with Gasteiger partial charge in [0.25, 0.3) is 0 Å². The van der Waals surface area contributed by atoms with Gasteiger partial charge in [-0.3, -0.25) is 10.1 Å². The van der Waals surface area contributed by atoms with Gasteiger partial charge in [0.15, 0.2) is 0 Å². The second-order valence-corrected chi connectivity index (χ2v) is 9.12. The molecule has 3 rings (SSSR count). The van der Waals surface area contributed by atoms with Crippen LogP contribution in [0.1, 0.15) is 58.2 Å². The van der Waals surface area contributed by atoms with E-state index in [4.69, 9.17) is 16.7 Å². The topological polar surface area (TPSA) is 53.1 Å². The van der Waals surface area contributed by atoms with Gasteiger partial charge in [-0.1, -0.05) is 50.6 Å². The normalized spacial score (nSPS) is 19.5. The molecular formula is C23H31ClN4. The van der Waals surface area contributed by atoms with Gasteiger partial charge >= 0.3 is 0 Å². The lowest BCUT2D eigenvalue weighted by atomic mass is 9.82. The molecule has 0 aliphatic carbocycles. The summed E-state index contributed by atoms with van der Waals surface area (Å²) in [5.74, 6) is 0.590. The highest BCUT2D eigenvalue weighted by Crippen LogP contribution is 2.37. The summed E-state index contributed by atoms with van der Waals surface area (Å²) in [6.45, 7) is 11.1. The highest BCUT2D eigenvalue weighted by Gasteiger charge is 2.28. The zero-order valence-corrected chi connectivity index (χ0v) is 18.2. The Morgan fingerprint density at radius 2 is 1.93 bits per heavy atom. The lowest BCUT2D eigenvalue weighted by Gasteiger charge is -2.29. The van der Waals surface area contributed by atoms with Gasteiger partial charge in [0.05, 0.1) is 5.69 Å². The van der Waals surface area contributed by atoms with Gasteiger partial charge in [-0.2, -0.15) is 5.10 Å². The van der Waals surface area contributed by atoms with Crippen molar-refractivity contribution in [2.45, 2.75) is 65.0 Å². The Hall–Kier alpha value is -1.91. The second-order valence-electron chi connectivity index (χ2n) is 8.68. The van der Waals surface area contributed by atoms with Crippen molar-refractivity contribution >= 4 is 17.8 Å². The van der Waals surface area contributed by atoms with E-state index in [0.717, 1.165) is 29.1 Å². The number of hydrogen-bond donors (Lipinski definition) is 2. The number of aliphatic imine (C=N–C) groups is 1. The molecular weight excluding hydrogens is 368 g/mol. The van der Waals surface area contributed by atoms with E-state index in [1.165, 1.54) is 11.3 Å². The van der Waals surface area contributed by atoms with E-state index in [1.54, 1.807) is 0 Å². The Kier molecular flexibility index (Phi) is 6.41. The molecule has 2 atom stereocenters. The van der Waals surface area contributed by atoms with Crippen LogP contribution in [-0.4, -0.2) is 28.0 Å². The number of nitrogens with one attached hydrogen (secondary N) is 2. The number of allylic oxidation sites excluding steroid dienone is 1. The molecule has 1 aliphatic rings. The van der Waals surface area contributed by atoms with Gasteiger partial charge in [-0.25, -0.2) is 0 Å². The van der Waals surface area contributed by atoms with E-state index in [2.05, 4.69) is 56.1 Å². The number of aromatic nitrogens is 2. The number of benzene rings is 1. The molecule has 4 nitrogen and oxygen atoms in total. The van der Waals surface area contributed by atoms with E-state index in [9.17, 15) is 0 Å². The van der Waals surface area contributed by atoms with Crippen LogP contribution in [0.2, 0.25) is 5.02 Å². The van der Waals surface area contributed by atoms with Crippen molar-refractivity contribution in [1.29, 1.82) is 0 Å². The fourth-order valence-electron chi connectivity index (χ4n) is 4.01. The number of H-pyrrole nitrogens is 1. The maximum Gasteiger partial charge on any atom is 0.0961 e. The average molecular weight is 399 g/mol. The summed E-state index contributed by atoms with van der Waals surface area (Å²) in [6.07, 6.45) is 8.08. The molecule has 0 fully saturated rings. The van der Waals surface area contributed by atoms with Gasteiger partial charge in [0.2, 0.25) is 0 Å². The van der Waals surface area contributed by atoms with Crippen molar-refractivity contribution in [1.82, 2.24) is 15.5 Å². The first-order chi connectivity index (χ1) is 13.3. The second kappa shape index (κ2) is 8.62. The molecule has 2 N–H and O–H groups in total. The number of hydrogen-bond acceptors (Lipinski definition) is 3. The van der Waals surface area contributed by atoms with Crippen LogP contribution in [0.15, 0.2) is 41.5 Å². The summed E-state index contributed by atoms with van der Waals surface area (Å²) in [5, 5.41) is 12.5. The molecule has 1 aliphatic heterocycles. The van der Waals surface area contributed by atoms with Gasteiger partial charge in [-0.05, 0) is 38.8 Å². The van der Waals surface area contributed by atoms with Crippen LogP contribution in [0.3, 0.4) is 0 Å². The number of nitrogens with zero attached hydrogens (tertiary/aromatic N) is 2. The number of aromatic amines is 1. The highest BCUT2D eigenvalue weighted by atomic mass is 35.5. The fraction of sp³-hybridized carbons (Fsp3) is 0.478. The molecule has 0 bridgehead atoms. The Bertz CT molecular complexity index is 846. The number of aryl methyl sites for hydroxylation is 1. The van der Waals surface area contributed by atoms with Crippen LogP contribution in [0.5, 0.6) is 0 Å². The van der Waals surface area contributed by atoms with E-state index in [1.807, 2.05) is 36.7 Å². The standard InChI is InChI=1S/C23H31ClN4/c1-15(2)26-23(4,5)12-10-20-21(19-11-13-25-14-16(19)3)22(28-27-20)17-6-8-18(24)9-7-17/h6-9,11,13-16,19,26H,10,12H2,1-5H3,(H,27,28). The van der Waals surface area contributed by atoms with Crippen molar-refractivity contribution in [2.75, 3.05) is 0 Å². The fourth-order valence-corrected chi connectivity index (χ4v) is 4.14. The van der Waals surface area contributed by atoms with Crippen LogP contribution in [0.25, 0.3) is 11.3 Å². The van der Waals surface area contributed by atoms with Crippen molar-refractivity contribution < 1.29 is 0 Å². The molecule has 1 aromatic carbocycles. The third-order valence-corrected chi connectivity index (χ3v) is 5.53. The molecule has 1 aromatic heterocycles. The number of rotatable bonds is 7. The third-order valence-electron chi connectivity index (χ3n) is 5.28. The third kappa shape index (κ3) is 4.92. The molecule has 2 heterocycles. The first-order valence-electron chi connectivity index (χ1n) is 10.1. The van der Waals surface area contributed by atoms with Crippen molar-refractivity contribution in [3.05, 3.63) is 52.8 Å². The van der Waals surface area contributed by atoms with Crippen LogP contribution < -0.4 is 5.32 Å². The summed E-state index contributed by atoms with van der Waals surface area (Å²) >= 11 is 6.09. The van der Waals surface area contributed by atoms with Gasteiger partial charge in [0, 0.05) is 57.7 Å². The van der Waals surface area contributed by atoms with E-state index in [0.29, 0.717) is 12.0 Å². The predicted octanol–water partition coefficient (Wildman–Crippen LogP) is 5.76. The van der Waals surface area contributed by atoms with Crippen molar-refractivity contribution in [3.8, 4) is 11.3 Å². The first kappa shape index (κ1) is 20.8. The summed E-state index contributed by atoms with van der Waals surface area (Å²) in [5.41, 5.74) is 4.65. The molecule has 0 saturated carbocycles. The van der Waals surface area contributed by atoms with E-state index in [-0.39, 0.29) is 11.5 Å². The van der Waals surface area contributed by atoms with E-state index >= 15 is 0 Å². The molecule has 2 aromatic rings. The Morgan fingerprint density at radius 3 is 2.57 bits per heavy atom. The summed E-state index contributed by atoms with van der Waals surface area (Å²) < 4.78 is 0. The van der Waals surface area contributed by atoms with Gasteiger partial charge in [0.1, 0.15) is 0 Å². The number of halogens is 1. The average Bonchev–Trinajstić information content (AvgIpc) is 3.04. The zero-order chi connectivity index (χ0) is 20.3. The van der Waals surface area contributed by atoms with Crippen LogP contribution in [0, 0.1) is 5.92 Å². The predicted molar refractivity (Wildman–Crippen MR) is 119 cm³/mol. The van der Waals surface area contributed by atoms with Crippen LogP contribution >= 0.6 is 11.6 Å². The molecule has 150 valence electrons. The summed E-state index contributed by atoms with van der Waals surface area (Å²) in [7, 11) is 0. The zero-order valence-electron chi connectivity index (χ0n) is 17.5. The largest absolute Gasteiger partial charge is 0.310 e. The lowest BCUT2D eigenvalue weighted by Crippen LogP contribution is -2.43. The monoisotopic (exact) mass is 398 g/mol. The quantitative estimate of drug-likeness (QED) is 0.623. The Labute approximate surface area is 173 Å². The maximum atomic E-state index is 6.09. The van der Waals surface area contributed by atoms with Crippen molar-refractivity contribution in [3.63, 3.8) is 0 Å². The first-order valence-corrected chi connectivity index (χ1v) is 10.5. The molecule has 28 heavy (non-hydrogen) atoms. The molecule has 0 amide bonds. The Morgan fingerprint density at radius 1 is 1.21 bits per heavy atom. The summed E-state index contributed by atoms with van der Waals surface area (Å²) in [6, 6.07) is 8.39. The van der Waals surface area contributed by atoms with Crippen LogP contribution in [0.4, 0.5) is 0 Å². The minimum Gasteiger partial charge on any atom is -0.310 e. The lowest BCUT2D eigenvalue weighted by molar-refractivity contribution is 0.331. The minimum atomic E-state index is 0.0620. The smallest absolute Gasteiger partial charge is 0.0961 e. The Balaban J connectivity index is 1.95. The molecule has 0 saturated heterocycles. The summed E-state index contributed by atoms with van der Waals surface area (Å²) in [4.78, 5) is 4.32. The SMILES string of the molecule is CC(C)NC(C)(C)CCc1[nH]nc(-c2ccc(Cl)cc2)c1C1C=CN=CC1C. The van der Waals surface area contributed by atoms with E-state index < -0.39 is 0 Å². The van der Waals surface area contributed by atoms with Gasteiger partial charge < -0.3 is 5.32 Å². The van der Waals surface area contributed by atoms with Crippen molar-refractivity contribution in [2.24, 2.45) is 10.9 Å². The molecule has 2 unspecified atom stereocenters. The molecule has 0 spiro atoms. The molecule has 5 heteroatoms. The highest BCUT2D eigenvalue weighted by molar-refractivity contribution is 6.30. The minimum absolute atomic E-state index is 0.0620. The molecule has 0 radical (unpaired) electrons. The van der Waals surface area contributed by atoms with Crippen LogP contribution in [-0.2, 0) is 6.42 Å².